The number of fused-ring (bicyclic) bond motifs is 2. The fourth-order valence-corrected chi connectivity index (χ4v) is 5.60. The standard InChI is InChI=1S/C24H34N6O2/c1-2-26-23(31)29-10-8-24(16-29)9-11-30-21(24)13-19(28-30)18-12-20(22(25)27-14-18)32-15-17-6-4-3-5-7-17/h12-14,17H,2-11,15-16H2,1H3,(H2,25,27)(H,26,31). The van der Waals surface area contributed by atoms with Crippen molar-refractivity contribution in [2.45, 2.75) is 63.8 Å². The summed E-state index contributed by atoms with van der Waals surface area (Å²) in [4.78, 5) is 18.7. The Balaban J connectivity index is 1.33. The molecule has 2 aromatic heterocycles. The quantitative estimate of drug-likeness (QED) is 0.744. The Bertz CT molecular complexity index is 983. The molecule has 3 aliphatic rings. The summed E-state index contributed by atoms with van der Waals surface area (Å²) in [6.45, 7) is 5.72. The molecule has 0 radical (unpaired) electrons. The summed E-state index contributed by atoms with van der Waals surface area (Å²) in [5.74, 6) is 1.69. The molecule has 0 aromatic carbocycles. The second-order valence-electron chi connectivity index (χ2n) is 9.60. The second kappa shape index (κ2) is 8.64. The summed E-state index contributed by atoms with van der Waals surface area (Å²) in [6, 6.07) is 4.18. The maximum atomic E-state index is 12.3. The summed E-state index contributed by atoms with van der Waals surface area (Å²) >= 11 is 0. The number of carbonyl (C=O) groups excluding carboxylic acids is 1. The van der Waals surface area contributed by atoms with E-state index in [2.05, 4.69) is 21.0 Å². The summed E-state index contributed by atoms with van der Waals surface area (Å²) in [6.07, 6.45) is 10.2. The highest BCUT2D eigenvalue weighted by Gasteiger charge is 2.46. The van der Waals surface area contributed by atoms with Crippen LogP contribution < -0.4 is 15.8 Å². The number of aromatic nitrogens is 3. The summed E-state index contributed by atoms with van der Waals surface area (Å²) in [5.41, 5.74) is 9.15. The third-order valence-electron chi connectivity index (χ3n) is 7.47. The number of ether oxygens (including phenoxy) is 1. The first-order chi connectivity index (χ1) is 15.6. The van der Waals surface area contributed by atoms with Crippen LogP contribution in [0.5, 0.6) is 5.75 Å². The molecular formula is C24H34N6O2. The number of nitrogens with one attached hydrogen (secondary N) is 1. The Morgan fingerprint density at radius 3 is 2.88 bits per heavy atom. The Labute approximate surface area is 189 Å². The molecule has 2 aliphatic heterocycles. The lowest BCUT2D eigenvalue weighted by atomic mass is 9.82. The SMILES string of the molecule is CCNC(=O)N1CCC2(CCn3nc(-c4cnc(N)c(OCC5CCCCC5)c4)cc32)C1. The fourth-order valence-electron chi connectivity index (χ4n) is 5.60. The number of anilines is 1. The Kier molecular flexibility index (Phi) is 5.69. The van der Waals surface area contributed by atoms with E-state index in [1.807, 2.05) is 17.9 Å². The average Bonchev–Trinajstić information content (AvgIpc) is 3.51. The number of hydrogen-bond acceptors (Lipinski definition) is 5. The van der Waals surface area contributed by atoms with E-state index in [-0.39, 0.29) is 11.4 Å². The monoisotopic (exact) mass is 438 g/mol. The molecule has 1 saturated heterocycles. The highest BCUT2D eigenvalue weighted by Crippen LogP contribution is 2.44. The number of nitrogens with two attached hydrogens (primary N) is 1. The average molecular weight is 439 g/mol. The van der Waals surface area contributed by atoms with Crippen LogP contribution in [0, 0.1) is 5.92 Å². The van der Waals surface area contributed by atoms with Crippen LogP contribution in [-0.2, 0) is 12.0 Å². The van der Waals surface area contributed by atoms with Gasteiger partial charge in [-0.25, -0.2) is 9.78 Å². The first-order valence-corrected chi connectivity index (χ1v) is 12.1. The number of amides is 2. The first-order valence-electron chi connectivity index (χ1n) is 12.1. The Morgan fingerprint density at radius 1 is 1.25 bits per heavy atom. The summed E-state index contributed by atoms with van der Waals surface area (Å²) in [5, 5.41) is 7.79. The number of rotatable bonds is 5. The van der Waals surface area contributed by atoms with Gasteiger partial charge in [0.15, 0.2) is 11.6 Å². The topological polar surface area (TPSA) is 98.3 Å². The summed E-state index contributed by atoms with van der Waals surface area (Å²) in [7, 11) is 0. The predicted molar refractivity (Wildman–Crippen MR) is 123 cm³/mol. The van der Waals surface area contributed by atoms with Crippen LogP contribution in [-0.4, -0.2) is 51.9 Å². The van der Waals surface area contributed by atoms with Gasteiger partial charge in [0.25, 0.3) is 0 Å². The van der Waals surface area contributed by atoms with Gasteiger partial charge in [0.2, 0.25) is 0 Å². The zero-order valence-electron chi connectivity index (χ0n) is 19.0. The van der Waals surface area contributed by atoms with Gasteiger partial charge in [0.1, 0.15) is 0 Å². The number of likely N-dealkylation sites (tertiary alicyclic amines) is 1. The van der Waals surface area contributed by atoms with Crippen molar-refractivity contribution in [1.82, 2.24) is 25.0 Å². The number of urea groups is 1. The molecular weight excluding hydrogens is 404 g/mol. The molecule has 32 heavy (non-hydrogen) atoms. The molecule has 3 N–H and O–H groups in total. The molecule has 2 amide bonds. The molecule has 2 fully saturated rings. The van der Waals surface area contributed by atoms with Crippen molar-refractivity contribution < 1.29 is 9.53 Å². The molecule has 4 heterocycles. The molecule has 8 nitrogen and oxygen atoms in total. The van der Waals surface area contributed by atoms with E-state index < -0.39 is 0 Å². The van der Waals surface area contributed by atoms with E-state index in [4.69, 9.17) is 15.6 Å². The highest BCUT2D eigenvalue weighted by molar-refractivity contribution is 5.75. The van der Waals surface area contributed by atoms with Gasteiger partial charge < -0.3 is 20.7 Å². The van der Waals surface area contributed by atoms with Crippen LogP contribution in [0.4, 0.5) is 10.6 Å². The molecule has 2 aromatic rings. The van der Waals surface area contributed by atoms with E-state index in [9.17, 15) is 4.79 Å². The lowest BCUT2D eigenvalue weighted by molar-refractivity contribution is 0.206. The number of nitrogen functional groups attached to an aromatic ring is 1. The Morgan fingerprint density at radius 2 is 2.06 bits per heavy atom. The van der Waals surface area contributed by atoms with Crippen LogP contribution in [0.3, 0.4) is 0 Å². The molecule has 1 aliphatic carbocycles. The summed E-state index contributed by atoms with van der Waals surface area (Å²) < 4.78 is 8.21. The molecule has 172 valence electrons. The number of hydrogen-bond donors (Lipinski definition) is 2. The van der Waals surface area contributed by atoms with E-state index in [0.29, 0.717) is 30.6 Å². The minimum Gasteiger partial charge on any atom is -0.489 e. The minimum absolute atomic E-state index is 0.00210. The Hall–Kier alpha value is -2.77. The third-order valence-corrected chi connectivity index (χ3v) is 7.47. The van der Waals surface area contributed by atoms with Gasteiger partial charge in [-0.1, -0.05) is 19.3 Å². The van der Waals surface area contributed by atoms with Crippen molar-refractivity contribution in [3.05, 3.63) is 24.0 Å². The molecule has 8 heteroatoms. The van der Waals surface area contributed by atoms with Crippen molar-refractivity contribution >= 4 is 11.8 Å². The van der Waals surface area contributed by atoms with Crippen molar-refractivity contribution in [3.8, 4) is 17.0 Å². The lowest BCUT2D eigenvalue weighted by Gasteiger charge is -2.23. The zero-order valence-corrected chi connectivity index (χ0v) is 19.0. The number of aryl methyl sites for hydroxylation is 1. The second-order valence-corrected chi connectivity index (χ2v) is 9.60. The van der Waals surface area contributed by atoms with Gasteiger partial charge in [-0.3, -0.25) is 4.68 Å². The lowest BCUT2D eigenvalue weighted by Crippen LogP contribution is -2.40. The van der Waals surface area contributed by atoms with Crippen molar-refractivity contribution in [3.63, 3.8) is 0 Å². The largest absolute Gasteiger partial charge is 0.489 e. The van der Waals surface area contributed by atoms with Gasteiger partial charge in [-0.15, -0.1) is 0 Å². The number of carbonyl (C=O) groups is 1. The normalized spacial score (nSPS) is 23.0. The van der Waals surface area contributed by atoms with Crippen molar-refractivity contribution in [2.75, 3.05) is 32.0 Å². The highest BCUT2D eigenvalue weighted by atomic mass is 16.5. The number of pyridine rings is 1. The van der Waals surface area contributed by atoms with E-state index in [1.165, 1.54) is 37.8 Å². The molecule has 1 spiro atoms. The number of nitrogens with zero attached hydrogens (tertiary/aromatic N) is 4. The van der Waals surface area contributed by atoms with Gasteiger partial charge in [-0.05, 0) is 50.7 Å². The van der Waals surface area contributed by atoms with Crippen LogP contribution in [0.15, 0.2) is 18.3 Å². The maximum absolute atomic E-state index is 12.3. The first kappa shape index (κ1) is 21.1. The maximum Gasteiger partial charge on any atom is 0.317 e. The van der Waals surface area contributed by atoms with Gasteiger partial charge in [-0.2, -0.15) is 5.10 Å². The van der Waals surface area contributed by atoms with E-state index >= 15 is 0 Å². The van der Waals surface area contributed by atoms with E-state index in [1.54, 1.807) is 6.20 Å². The van der Waals surface area contributed by atoms with Gasteiger partial charge >= 0.3 is 6.03 Å². The van der Waals surface area contributed by atoms with Crippen LogP contribution >= 0.6 is 0 Å². The molecule has 1 saturated carbocycles. The molecule has 0 bridgehead atoms. The van der Waals surface area contributed by atoms with Gasteiger partial charge in [0, 0.05) is 49.0 Å². The predicted octanol–water partition coefficient (Wildman–Crippen LogP) is 3.56. The fraction of sp³-hybridized carbons (Fsp3) is 0.625. The zero-order chi connectivity index (χ0) is 22.1. The van der Waals surface area contributed by atoms with Crippen molar-refractivity contribution in [1.29, 1.82) is 0 Å². The third kappa shape index (κ3) is 3.91. The van der Waals surface area contributed by atoms with Crippen LogP contribution in [0.25, 0.3) is 11.3 Å². The van der Waals surface area contributed by atoms with Crippen LogP contribution in [0.2, 0.25) is 0 Å². The van der Waals surface area contributed by atoms with Gasteiger partial charge in [0.05, 0.1) is 12.3 Å². The molecule has 5 rings (SSSR count). The van der Waals surface area contributed by atoms with Crippen molar-refractivity contribution in [2.24, 2.45) is 5.92 Å². The van der Waals surface area contributed by atoms with Crippen LogP contribution in [0.1, 0.15) is 57.6 Å². The van der Waals surface area contributed by atoms with E-state index in [0.717, 1.165) is 43.7 Å². The minimum atomic E-state index is -0.00210. The molecule has 1 atom stereocenters. The molecule has 1 unspecified atom stereocenters. The smallest absolute Gasteiger partial charge is 0.317 e.